The molecule has 0 bridgehead atoms. The molecule has 1 heterocycles. The van der Waals surface area contributed by atoms with Gasteiger partial charge in [-0.1, -0.05) is 6.07 Å². The molecule has 0 atom stereocenters. The molecule has 0 aliphatic rings. The highest BCUT2D eigenvalue weighted by molar-refractivity contribution is 9.10. The Labute approximate surface area is 123 Å². The average Bonchev–Trinajstić information content (AvgIpc) is 2.41. The van der Waals surface area contributed by atoms with Crippen molar-refractivity contribution >= 4 is 21.8 Å². The molecule has 104 valence electrons. The number of carbonyl (C=O) groups excluding carboxylic acids is 1. The zero-order valence-electron chi connectivity index (χ0n) is 10.6. The lowest BCUT2D eigenvalue weighted by Crippen LogP contribution is -2.26. The van der Waals surface area contributed by atoms with E-state index in [0.29, 0.717) is 10.2 Å². The van der Waals surface area contributed by atoms with Crippen LogP contribution in [0.15, 0.2) is 41.1 Å². The van der Waals surface area contributed by atoms with E-state index in [9.17, 15) is 13.6 Å². The van der Waals surface area contributed by atoms with Crippen molar-refractivity contribution in [2.45, 2.75) is 6.54 Å². The summed E-state index contributed by atoms with van der Waals surface area (Å²) in [6.07, 6.45) is 1.50. The van der Waals surface area contributed by atoms with Crippen molar-refractivity contribution in [1.82, 2.24) is 9.88 Å². The van der Waals surface area contributed by atoms with Crippen molar-refractivity contribution in [3.05, 3.63) is 63.9 Å². The van der Waals surface area contributed by atoms with E-state index >= 15 is 0 Å². The third kappa shape index (κ3) is 3.39. The van der Waals surface area contributed by atoms with Gasteiger partial charge in [-0.15, -0.1) is 0 Å². The molecule has 6 heteroatoms. The van der Waals surface area contributed by atoms with Gasteiger partial charge in [-0.25, -0.2) is 13.8 Å². The van der Waals surface area contributed by atoms with E-state index < -0.39 is 11.6 Å². The lowest BCUT2D eigenvalue weighted by atomic mass is 10.1. The van der Waals surface area contributed by atoms with Gasteiger partial charge in [0.1, 0.15) is 16.2 Å². The molecule has 0 N–H and O–H groups in total. The molecule has 3 nitrogen and oxygen atoms in total. The van der Waals surface area contributed by atoms with Crippen molar-refractivity contribution in [3.8, 4) is 0 Å². The predicted octanol–water partition coefficient (Wildman–Crippen LogP) is 3.39. The van der Waals surface area contributed by atoms with Crippen LogP contribution in [0.1, 0.15) is 15.9 Å². The molecule has 0 saturated carbocycles. The lowest BCUT2D eigenvalue weighted by molar-refractivity contribution is 0.0783. The summed E-state index contributed by atoms with van der Waals surface area (Å²) >= 11 is 3.18. The molecule has 0 saturated heterocycles. The molecule has 1 aromatic carbocycles. The second-order valence-corrected chi connectivity index (χ2v) is 5.08. The molecule has 0 unspecified atom stereocenters. The molecule has 20 heavy (non-hydrogen) atoms. The normalized spacial score (nSPS) is 10.4. The van der Waals surface area contributed by atoms with E-state index in [2.05, 4.69) is 20.9 Å². The number of hydrogen-bond donors (Lipinski definition) is 0. The number of hydrogen-bond acceptors (Lipinski definition) is 2. The SMILES string of the molecule is CN(Cc1ccc(F)cc1F)C(=O)c1ccnc(Br)c1. The maximum absolute atomic E-state index is 13.5. The monoisotopic (exact) mass is 340 g/mol. The van der Waals surface area contributed by atoms with E-state index in [1.807, 2.05) is 0 Å². The molecular weight excluding hydrogens is 330 g/mol. The van der Waals surface area contributed by atoms with Crippen molar-refractivity contribution < 1.29 is 13.6 Å². The van der Waals surface area contributed by atoms with E-state index in [0.717, 1.165) is 6.07 Å². The van der Waals surface area contributed by atoms with Crippen LogP contribution < -0.4 is 0 Å². The molecule has 0 aliphatic carbocycles. The van der Waals surface area contributed by atoms with Crippen LogP contribution in [0.5, 0.6) is 0 Å². The maximum atomic E-state index is 13.5. The van der Waals surface area contributed by atoms with Gasteiger partial charge in [0.25, 0.3) is 5.91 Å². The summed E-state index contributed by atoms with van der Waals surface area (Å²) in [5.74, 6) is -1.57. The summed E-state index contributed by atoms with van der Waals surface area (Å²) in [5, 5.41) is 0. The van der Waals surface area contributed by atoms with Crippen molar-refractivity contribution in [3.63, 3.8) is 0 Å². The van der Waals surface area contributed by atoms with Crippen LogP contribution in [-0.2, 0) is 6.54 Å². The molecule has 0 spiro atoms. The Bertz CT molecular complexity index is 649. The zero-order chi connectivity index (χ0) is 14.7. The van der Waals surface area contributed by atoms with Crippen molar-refractivity contribution in [1.29, 1.82) is 0 Å². The van der Waals surface area contributed by atoms with E-state index in [1.54, 1.807) is 19.2 Å². The summed E-state index contributed by atoms with van der Waals surface area (Å²) < 4.78 is 26.9. The standard InChI is InChI=1S/C14H11BrF2N2O/c1-19(8-10-2-3-11(16)7-12(10)17)14(20)9-4-5-18-13(15)6-9/h2-7H,8H2,1H3. The average molecular weight is 341 g/mol. The van der Waals surface area contributed by atoms with Crippen LogP contribution in [0.4, 0.5) is 8.78 Å². The second-order valence-electron chi connectivity index (χ2n) is 4.26. The highest BCUT2D eigenvalue weighted by Gasteiger charge is 2.14. The third-order valence-electron chi connectivity index (χ3n) is 2.74. The number of benzene rings is 1. The number of halogens is 3. The fraction of sp³-hybridized carbons (Fsp3) is 0.143. The molecule has 1 aromatic heterocycles. The van der Waals surface area contributed by atoms with E-state index in [1.165, 1.54) is 23.2 Å². The Morgan fingerprint density at radius 2 is 2.05 bits per heavy atom. The highest BCUT2D eigenvalue weighted by atomic mass is 79.9. The van der Waals surface area contributed by atoms with Gasteiger partial charge in [0.15, 0.2) is 0 Å². The number of aromatic nitrogens is 1. The number of nitrogens with zero attached hydrogens (tertiary/aromatic N) is 2. The smallest absolute Gasteiger partial charge is 0.254 e. The highest BCUT2D eigenvalue weighted by Crippen LogP contribution is 2.14. The quantitative estimate of drug-likeness (QED) is 0.802. The molecule has 0 aliphatic heterocycles. The van der Waals surface area contributed by atoms with Gasteiger partial charge in [0.05, 0.1) is 0 Å². The van der Waals surface area contributed by atoms with Gasteiger partial charge in [-0.05, 0) is 34.1 Å². The first-order chi connectivity index (χ1) is 9.47. The fourth-order valence-corrected chi connectivity index (χ4v) is 2.10. The first-order valence-electron chi connectivity index (χ1n) is 5.78. The number of amides is 1. The first-order valence-corrected chi connectivity index (χ1v) is 6.57. The topological polar surface area (TPSA) is 33.2 Å². The van der Waals surface area contributed by atoms with Gasteiger partial charge >= 0.3 is 0 Å². The maximum Gasteiger partial charge on any atom is 0.254 e. The lowest BCUT2D eigenvalue weighted by Gasteiger charge is -2.17. The van der Waals surface area contributed by atoms with Crippen molar-refractivity contribution in [2.24, 2.45) is 0 Å². The van der Waals surface area contributed by atoms with Gasteiger partial charge in [-0.3, -0.25) is 4.79 Å². The Hall–Kier alpha value is -1.82. The number of rotatable bonds is 3. The van der Waals surface area contributed by atoms with Crippen LogP contribution in [0.3, 0.4) is 0 Å². The van der Waals surface area contributed by atoms with Crippen molar-refractivity contribution in [2.75, 3.05) is 7.05 Å². The Balaban J connectivity index is 2.15. The second kappa shape index (κ2) is 6.09. The van der Waals surface area contributed by atoms with Gasteiger partial charge in [0.2, 0.25) is 0 Å². The third-order valence-corrected chi connectivity index (χ3v) is 3.18. The largest absolute Gasteiger partial charge is 0.337 e. The fourth-order valence-electron chi connectivity index (χ4n) is 1.73. The molecular formula is C14H11BrF2N2O. The minimum Gasteiger partial charge on any atom is -0.337 e. The predicted molar refractivity (Wildman–Crippen MR) is 74.1 cm³/mol. The summed E-state index contributed by atoms with van der Waals surface area (Å²) in [6.45, 7) is 0.0604. The Morgan fingerprint density at radius 1 is 1.30 bits per heavy atom. The first kappa shape index (κ1) is 14.6. The summed E-state index contributed by atoms with van der Waals surface area (Å²) in [6, 6.07) is 6.46. The van der Waals surface area contributed by atoms with E-state index in [-0.39, 0.29) is 18.0 Å². The molecule has 0 radical (unpaired) electrons. The van der Waals surface area contributed by atoms with E-state index in [4.69, 9.17) is 0 Å². The molecule has 2 aromatic rings. The zero-order valence-corrected chi connectivity index (χ0v) is 12.2. The summed E-state index contributed by atoms with van der Waals surface area (Å²) in [4.78, 5) is 17.5. The van der Waals surface area contributed by atoms with Crippen LogP contribution in [0.2, 0.25) is 0 Å². The Morgan fingerprint density at radius 3 is 2.70 bits per heavy atom. The van der Waals surface area contributed by atoms with Crippen LogP contribution in [0.25, 0.3) is 0 Å². The Kier molecular flexibility index (Phi) is 4.44. The number of pyridine rings is 1. The van der Waals surface area contributed by atoms with Gasteiger partial charge < -0.3 is 4.90 Å². The summed E-state index contributed by atoms with van der Waals surface area (Å²) in [7, 11) is 1.56. The van der Waals surface area contributed by atoms with Crippen LogP contribution in [-0.4, -0.2) is 22.8 Å². The molecule has 2 rings (SSSR count). The summed E-state index contributed by atoms with van der Waals surface area (Å²) in [5.41, 5.74) is 0.701. The minimum absolute atomic E-state index is 0.0604. The minimum atomic E-state index is -0.666. The van der Waals surface area contributed by atoms with Crippen LogP contribution in [0, 0.1) is 11.6 Å². The number of carbonyl (C=O) groups is 1. The van der Waals surface area contributed by atoms with Gasteiger partial charge in [0, 0.05) is 37.0 Å². The van der Waals surface area contributed by atoms with Gasteiger partial charge in [-0.2, -0.15) is 0 Å². The van der Waals surface area contributed by atoms with Crippen LogP contribution >= 0.6 is 15.9 Å². The molecule has 0 fully saturated rings. The molecule has 1 amide bonds.